The molecule has 0 fully saturated rings. The van der Waals surface area contributed by atoms with E-state index in [4.69, 9.17) is 16.3 Å². The number of methoxy groups -OCH3 is 1. The number of anilines is 2. The summed E-state index contributed by atoms with van der Waals surface area (Å²) in [7, 11) is 1.64. The molecule has 0 radical (unpaired) electrons. The van der Waals surface area contributed by atoms with Gasteiger partial charge in [0.15, 0.2) is 0 Å². The van der Waals surface area contributed by atoms with Crippen LogP contribution < -0.4 is 5.32 Å². The number of benzene rings is 1. The first kappa shape index (κ1) is 14.8. The minimum absolute atomic E-state index is 0.0888. The van der Waals surface area contributed by atoms with Gasteiger partial charge >= 0.3 is 0 Å². The molecule has 4 nitrogen and oxygen atoms in total. The van der Waals surface area contributed by atoms with Crippen molar-refractivity contribution in [1.29, 1.82) is 0 Å². The lowest BCUT2D eigenvalue weighted by Gasteiger charge is -2.16. The molecular formula is C14H17ClFN3O. The van der Waals surface area contributed by atoms with Crippen LogP contribution in [0.5, 0.6) is 0 Å². The minimum atomic E-state index is -0.374. The number of aryl methyl sites for hydroxylation is 1. The SMILES string of the molecule is COCC(C)n1cc(C)nc1Nc1cc(Cl)ccc1F. The van der Waals surface area contributed by atoms with E-state index >= 15 is 0 Å². The summed E-state index contributed by atoms with van der Waals surface area (Å²) < 4.78 is 20.8. The van der Waals surface area contributed by atoms with Crippen molar-refractivity contribution in [2.24, 2.45) is 0 Å². The highest BCUT2D eigenvalue weighted by atomic mass is 35.5. The Bertz CT molecular complexity index is 600. The second kappa shape index (κ2) is 6.24. The summed E-state index contributed by atoms with van der Waals surface area (Å²) in [6.07, 6.45) is 1.90. The van der Waals surface area contributed by atoms with E-state index in [1.54, 1.807) is 7.11 Å². The highest BCUT2D eigenvalue weighted by Gasteiger charge is 2.13. The fraction of sp³-hybridized carbons (Fsp3) is 0.357. The molecule has 2 aromatic rings. The van der Waals surface area contributed by atoms with E-state index in [0.717, 1.165) is 5.69 Å². The van der Waals surface area contributed by atoms with Gasteiger partial charge in [0.1, 0.15) is 5.82 Å². The third kappa shape index (κ3) is 3.29. The number of ether oxygens (including phenoxy) is 1. The van der Waals surface area contributed by atoms with Gasteiger partial charge in [-0.25, -0.2) is 9.37 Å². The average Bonchev–Trinajstić information content (AvgIpc) is 2.75. The van der Waals surface area contributed by atoms with Crippen LogP contribution in [0, 0.1) is 12.7 Å². The molecule has 0 aliphatic rings. The van der Waals surface area contributed by atoms with E-state index in [2.05, 4.69) is 10.3 Å². The molecule has 1 aromatic carbocycles. The molecule has 20 heavy (non-hydrogen) atoms. The van der Waals surface area contributed by atoms with E-state index in [9.17, 15) is 4.39 Å². The number of rotatable bonds is 5. The normalized spacial score (nSPS) is 12.4. The Balaban J connectivity index is 2.31. The van der Waals surface area contributed by atoms with Crippen LogP contribution in [0.3, 0.4) is 0 Å². The van der Waals surface area contributed by atoms with Crippen molar-refractivity contribution in [3.63, 3.8) is 0 Å². The summed E-state index contributed by atoms with van der Waals surface area (Å²) in [5, 5.41) is 3.44. The predicted octanol–water partition coefficient (Wildman–Crippen LogP) is 3.94. The first-order valence-corrected chi connectivity index (χ1v) is 6.65. The Kier molecular flexibility index (Phi) is 4.62. The molecule has 108 valence electrons. The molecule has 1 aromatic heterocycles. The lowest BCUT2D eigenvalue weighted by atomic mass is 10.3. The zero-order chi connectivity index (χ0) is 14.7. The standard InChI is InChI=1S/C14H17ClFN3O/c1-9-7-19(10(2)8-20-3)14(17-9)18-13-6-11(15)4-5-12(13)16/h4-7,10H,8H2,1-3H3,(H,17,18). The third-order valence-corrected chi connectivity index (χ3v) is 3.15. The lowest BCUT2D eigenvalue weighted by molar-refractivity contribution is 0.163. The first-order valence-electron chi connectivity index (χ1n) is 6.27. The molecular weight excluding hydrogens is 281 g/mol. The van der Waals surface area contributed by atoms with Crippen LogP contribution >= 0.6 is 11.6 Å². The van der Waals surface area contributed by atoms with Crippen molar-refractivity contribution in [3.8, 4) is 0 Å². The molecule has 0 aliphatic carbocycles. The zero-order valence-electron chi connectivity index (χ0n) is 11.7. The van der Waals surface area contributed by atoms with Gasteiger partial charge in [-0.1, -0.05) is 11.6 Å². The molecule has 0 spiro atoms. The lowest BCUT2D eigenvalue weighted by Crippen LogP contribution is -2.13. The average molecular weight is 298 g/mol. The maximum atomic E-state index is 13.8. The van der Waals surface area contributed by atoms with Gasteiger partial charge in [-0.05, 0) is 32.0 Å². The minimum Gasteiger partial charge on any atom is -0.383 e. The summed E-state index contributed by atoms with van der Waals surface area (Å²) in [5.74, 6) is 0.189. The van der Waals surface area contributed by atoms with E-state index in [1.165, 1.54) is 18.2 Å². The van der Waals surface area contributed by atoms with Gasteiger partial charge in [-0.3, -0.25) is 0 Å². The number of nitrogens with zero attached hydrogens (tertiary/aromatic N) is 2. The number of hydrogen-bond donors (Lipinski definition) is 1. The Morgan fingerprint density at radius 3 is 2.95 bits per heavy atom. The number of halogens is 2. The monoisotopic (exact) mass is 297 g/mol. The second-order valence-corrected chi connectivity index (χ2v) is 5.10. The molecule has 2 rings (SSSR count). The van der Waals surface area contributed by atoms with E-state index in [1.807, 2.05) is 24.6 Å². The number of hydrogen-bond acceptors (Lipinski definition) is 3. The van der Waals surface area contributed by atoms with Crippen LogP contribution in [0.2, 0.25) is 5.02 Å². The van der Waals surface area contributed by atoms with Crippen molar-refractivity contribution in [1.82, 2.24) is 9.55 Å². The van der Waals surface area contributed by atoms with Crippen molar-refractivity contribution in [2.45, 2.75) is 19.9 Å². The number of imidazole rings is 1. The molecule has 1 unspecified atom stereocenters. The first-order chi connectivity index (χ1) is 9.51. The van der Waals surface area contributed by atoms with Gasteiger partial charge in [0.25, 0.3) is 0 Å². The highest BCUT2D eigenvalue weighted by Crippen LogP contribution is 2.25. The van der Waals surface area contributed by atoms with Gasteiger partial charge in [0, 0.05) is 18.3 Å². The smallest absolute Gasteiger partial charge is 0.207 e. The van der Waals surface area contributed by atoms with Crippen LogP contribution in [0.15, 0.2) is 24.4 Å². The fourth-order valence-corrected chi connectivity index (χ4v) is 2.15. The molecule has 0 bridgehead atoms. The summed E-state index contributed by atoms with van der Waals surface area (Å²) in [6.45, 7) is 4.43. The van der Waals surface area contributed by atoms with Crippen LogP contribution in [0.1, 0.15) is 18.7 Å². The van der Waals surface area contributed by atoms with Gasteiger partial charge in [0.05, 0.1) is 24.0 Å². The Labute approximate surface area is 122 Å². The zero-order valence-corrected chi connectivity index (χ0v) is 12.4. The molecule has 1 atom stereocenters. The fourth-order valence-electron chi connectivity index (χ4n) is 1.98. The summed E-state index contributed by atoms with van der Waals surface area (Å²) in [4.78, 5) is 4.37. The Morgan fingerprint density at radius 2 is 2.25 bits per heavy atom. The van der Waals surface area contributed by atoms with Crippen LogP contribution in [0.4, 0.5) is 16.0 Å². The molecule has 6 heteroatoms. The number of nitrogens with one attached hydrogen (secondary N) is 1. The van der Waals surface area contributed by atoms with E-state index < -0.39 is 0 Å². The third-order valence-electron chi connectivity index (χ3n) is 2.91. The summed E-state index contributed by atoms with van der Waals surface area (Å²) >= 11 is 5.89. The van der Waals surface area contributed by atoms with E-state index in [-0.39, 0.29) is 11.9 Å². The second-order valence-electron chi connectivity index (χ2n) is 4.67. The number of aromatic nitrogens is 2. The maximum Gasteiger partial charge on any atom is 0.207 e. The van der Waals surface area contributed by atoms with Gasteiger partial charge < -0.3 is 14.6 Å². The maximum absolute atomic E-state index is 13.8. The van der Waals surface area contributed by atoms with Crippen LogP contribution in [-0.2, 0) is 4.74 Å². The topological polar surface area (TPSA) is 39.1 Å². The summed E-state index contributed by atoms with van der Waals surface area (Å²) in [5.41, 5.74) is 1.15. The van der Waals surface area contributed by atoms with Crippen molar-refractivity contribution in [2.75, 3.05) is 19.0 Å². The van der Waals surface area contributed by atoms with Crippen molar-refractivity contribution in [3.05, 3.63) is 40.9 Å². The van der Waals surface area contributed by atoms with E-state index in [0.29, 0.717) is 23.3 Å². The van der Waals surface area contributed by atoms with Crippen LogP contribution in [-0.4, -0.2) is 23.3 Å². The Morgan fingerprint density at radius 1 is 1.50 bits per heavy atom. The van der Waals surface area contributed by atoms with Gasteiger partial charge in [-0.15, -0.1) is 0 Å². The predicted molar refractivity (Wildman–Crippen MR) is 78.2 cm³/mol. The van der Waals surface area contributed by atoms with Crippen LogP contribution in [0.25, 0.3) is 0 Å². The molecule has 0 saturated heterocycles. The molecule has 1 heterocycles. The molecule has 1 N–H and O–H groups in total. The van der Waals surface area contributed by atoms with Crippen molar-refractivity contribution >= 4 is 23.2 Å². The molecule has 0 saturated carbocycles. The Hall–Kier alpha value is -1.59. The molecule has 0 amide bonds. The largest absolute Gasteiger partial charge is 0.383 e. The molecule has 0 aliphatic heterocycles. The van der Waals surface area contributed by atoms with Gasteiger partial charge in [-0.2, -0.15) is 0 Å². The summed E-state index contributed by atoms with van der Waals surface area (Å²) in [6, 6.07) is 4.45. The highest BCUT2D eigenvalue weighted by molar-refractivity contribution is 6.30. The van der Waals surface area contributed by atoms with Crippen molar-refractivity contribution < 1.29 is 9.13 Å². The van der Waals surface area contributed by atoms with Gasteiger partial charge in [0.2, 0.25) is 5.95 Å². The quantitative estimate of drug-likeness (QED) is 0.908.